The van der Waals surface area contributed by atoms with Gasteiger partial charge in [-0.1, -0.05) is 0 Å². The first-order valence-electron chi connectivity index (χ1n) is 3.59. The first-order valence-corrected chi connectivity index (χ1v) is 3.59. The molecular weight excluding hydrogens is 161 g/mol. The van der Waals surface area contributed by atoms with Crippen molar-refractivity contribution in [2.45, 2.75) is 6.54 Å². The molecule has 0 aromatic heterocycles. The lowest BCUT2D eigenvalue weighted by molar-refractivity contribution is 0.174. The predicted octanol–water partition coefficient (Wildman–Crippen LogP) is 1.01. The van der Waals surface area contributed by atoms with Crippen LogP contribution in [-0.4, -0.2) is 6.79 Å². The molecule has 2 N–H and O–H groups in total. The molecule has 1 aliphatic heterocycles. The second-order valence-electron chi connectivity index (χ2n) is 2.50. The van der Waals surface area contributed by atoms with Gasteiger partial charge in [-0.15, -0.1) is 0 Å². The molecule has 1 aliphatic rings. The maximum atomic E-state index is 13.0. The molecule has 0 aliphatic carbocycles. The Morgan fingerprint density at radius 3 is 2.67 bits per heavy atom. The van der Waals surface area contributed by atoms with Crippen LogP contribution in [0.15, 0.2) is 12.1 Å². The number of hydrogen-bond acceptors (Lipinski definition) is 3. The molecule has 0 spiro atoms. The maximum Gasteiger partial charge on any atom is 0.231 e. The second-order valence-corrected chi connectivity index (χ2v) is 2.50. The minimum absolute atomic E-state index is 0.156. The van der Waals surface area contributed by atoms with Crippen molar-refractivity contribution in [1.82, 2.24) is 0 Å². The average molecular weight is 169 g/mol. The van der Waals surface area contributed by atoms with Crippen LogP contribution in [0, 0.1) is 5.82 Å². The smallest absolute Gasteiger partial charge is 0.231 e. The SMILES string of the molecule is NCc1cc2c(cc1F)OCO2. The van der Waals surface area contributed by atoms with Gasteiger partial charge in [-0.25, -0.2) is 4.39 Å². The highest BCUT2D eigenvalue weighted by Gasteiger charge is 2.16. The summed E-state index contributed by atoms with van der Waals surface area (Å²) in [4.78, 5) is 0. The Morgan fingerprint density at radius 2 is 2.00 bits per heavy atom. The number of rotatable bonds is 1. The largest absolute Gasteiger partial charge is 0.454 e. The van der Waals surface area contributed by atoms with Crippen LogP contribution in [0.3, 0.4) is 0 Å². The number of fused-ring (bicyclic) bond motifs is 1. The molecule has 64 valence electrons. The van der Waals surface area contributed by atoms with Crippen molar-refractivity contribution in [2.24, 2.45) is 5.73 Å². The summed E-state index contributed by atoms with van der Waals surface area (Å²) >= 11 is 0. The summed E-state index contributed by atoms with van der Waals surface area (Å²) in [5.41, 5.74) is 5.75. The van der Waals surface area contributed by atoms with Crippen molar-refractivity contribution in [1.29, 1.82) is 0 Å². The Balaban J connectivity index is 2.49. The van der Waals surface area contributed by atoms with Crippen LogP contribution < -0.4 is 15.2 Å². The molecule has 0 bridgehead atoms. The van der Waals surface area contributed by atoms with E-state index in [4.69, 9.17) is 15.2 Å². The third-order valence-corrected chi connectivity index (χ3v) is 1.76. The van der Waals surface area contributed by atoms with Crippen LogP contribution in [0.2, 0.25) is 0 Å². The van der Waals surface area contributed by atoms with E-state index in [2.05, 4.69) is 0 Å². The highest BCUT2D eigenvalue weighted by Crippen LogP contribution is 2.33. The summed E-state index contributed by atoms with van der Waals surface area (Å²) < 4.78 is 23.1. The lowest BCUT2D eigenvalue weighted by Crippen LogP contribution is -1.99. The van der Waals surface area contributed by atoms with E-state index in [1.165, 1.54) is 6.07 Å². The summed E-state index contributed by atoms with van der Waals surface area (Å²) in [6.45, 7) is 0.325. The molecule has 0 saturated heterocycles. The lowest BCUT2D eigenvalue weighted by atomic mass is 10.2. The fourth-order valence-electron chi connectivity index (χ4n) is 1.12. The summed E-state index contributed by atoms with van der Waals surface area (Å²) in [7, 11) is 0. The Morgan fingerprint density at radius 1 is 1.33 bits per heavy atom. The van der Waals surface area contributed by atoms with E-state index in [1.54, 1.807) is 6.07 Å². The molecule has 0 amide bonds. The van der Waals surface area contributed by atoms with Gasteiger partial charge in [0, 0.05) is 18.2 Å². The molecule has 0 saturated carbocycles. The van der Waals surface area contributed by atoms with Crippen LogP contribution in [0.1, 0.15) is 5.56 Å². The highest BCUT2D eigenvalue weighted by atomic mass is 19.1. The van der Waals surface area contributed by atoms with Gasteiger partial charge in [0.15, 0.2) is 11.5 Å². The van der Waals surface area contributed by atoms with Crippen LogP contribution in [0.4, 0.5) is 4.39 Å². The molecule has 1 aromatic rings. The van der Waals surface area contributed by atoms with Crippen LogP contribution in [0.25, 0.3) is 0 Å². The first kappa shape index (κ1) is 7.36. The Kier molecular flexibility index (Phi) is 1.62. The third-order valence-electron chi connectivity index (χ3n) is 1.76. The van der Waals surface area contributed by atoms with Crippen LogP contribution in [0.5, 0.6) is 11.5 Å². The summed E-state index contributed by atoms with van der Waals surface area (Å²) in [6.07, 6.45) is 0. The molecule has 2 rings (SSSR count). The minimum Gasteiger partial charge on any atom is -0.454 e. The number of ether oxygens (including phenoxy) is 2. The van der Waals surface area contributed by atoms with E-state index in [1.807, 2.05) is 0 Å². The van der Waals surface area contributed by atoms with Gasteiger partial charge < -0.3 is 15.2 Å². The van der Waals surface area contributed by atoms with Gasteiger partial charge in [0.05, 0.1) is 0 Å². The molecule has 0 atom stereocenters. The van der Waals surface area contributed by atoms with Crippen LogP contribution >= 0.6 is 0 Å². The molecule has 1 heterocycles. The van der Waals surface area contributed by atoms with Crippen molar-refractivity contribution < 1.29 is 13.9 Å². The minimum atomic E-state index is -0.346. The van der Waals surface area contributed by atoms with E-state index in [0.717, 1.165) is 0 Å². The average Bonchev–Trinajstić information content (AvgIpc) is 2.49. The predicted molar refractivity (Wildman–Crippen MR) is 40.4 cm³/mol. The number of benzene rings is 1. The van der Waals surface area contributed by atoms with Crippen LogP contribution in [-0.2, 0) is 6.54 Å². The van der Waals surface area contributed by atoms with Gasteiger partial charge in [-0.3, -0.25) is 0 Å². The van der Waals surface area contributed by atoms with Gasteiger partial charge >= 0.3 is 0 Å². The summed E-state index contributed by atoms with van der Waals surface area (Å²) in [5, 5.41) is 0. The van der Waals surface area contributed by atoms with Crippen molar-refractivity contribution in [2.75, 3.05) is 6.79 Å². The normalized spacial score (nSPS) is 13.5. The number of halogens is 1. The Bertz CT molecular complexity index is 313. The third kappa shape index (κ3) is 1.00. The second kappa shape index (κ2) is 2.64. The lowest BCUT2D eigenvalue weighted by Gasteiger charge is -2.00. The Hall–Kier alpha value is -1.29. The van der Waals surface area contributed by atoms with Crippen molar-refractivity contribution >= 4 is 0 Å². The highest BCUT2D eigenvalue weighted by molar-refractivity contribution is 5.45. The zero-order chi connectivity index (χ0) is 8.55. The van der Waals surface area contributed by atoms with E-state index >= 15 is 0 Å². The standard InChI is InChI=1S/C8H8FNO2/c9-6-2-8-7(11-4-12-8)1-5(6)3-10/h1-2H,3-4,10H2. The molecule has 0 radical (unpaired) electrons. The van der Waals surface area contributed by atoms with E-state index in [0.29, 0.717) is 17.1 Å². The van der Waals surface area contributed by atoms with Crippen molar-refractivity contribution in [3.05, 3.63) is 23.5 Å². The molecular formula is C8H8FNO2. The quantitative estimate of drug-likeness (QED) is 0.682. The fourth-order valence-corrected chi connectivity index (χ4v) is 1.12. The monoisotopic (exact) mass is 169 g/mol. The van der Waals surface area contributed by atoms with E-state index in [-0.39, 0.29) is 19.2 Å². The Labute approximate surface area is 68.9 Å². The van der Waals surface area contributed by atoms with Gasteiger partial charge in [-0.05, 0) is 6.07 Å². The number of hydrogen-bond donors (Lipinski definition) is 1. The zero-order valence-corrected chi connectivity index (χ0v) is 6.34. The molecule has 0 fully saturated rings. The maximum absolute atomic E-state index is 13.0. The molecule has 0 unspecified atom stereocenters. The van der Waals surface area contributed by atoms with E-state index in [9.17, 15) is 4.39 Å². The topological polar surface area (TPSA) is 44.5 Å². The molecule has 1 aromatic carbocycles. The molecule has 3 nitrogen and oxygen atoms in total. The number of nitrogens with two attached hydrogens (primary N) is 1. The molecule has 12 heavy (non-hydrogen) atoms. The molecule has 4 heteroatoms. The summed E-state index contributed by atoms with van der Waals surface area (Å²) in [6, 6.07) is 2.86. The van der Waals surface area contributed by atoms with Gasteiger partial charge in [0.2, 0.25) is 6.79 Å². The van der Waals surface area contributed by atoms with Crippen molar-refractivity contribution in [3.63, 3.8) is 0 Å². The first-order chi connectivity index (χ1) is 5.81. The van der Waals surface area contributed by atoms with E-state index < -0.39 is 0 Å². The summed E-state index contributed by atoms with van der Waals surface area (Å²) in [5.74, 6) is 0.670. The fraction of sp³-hybridized carbons (Fsp3) is 0.250. The van der Waals surface area contributed by atoms with Gasteiger partial charge in [0.25, 0.3) is 0 Å². The van der Waals surface area contributed by atoms with Gasteiger partial charge in [-0.2, -0.15) is 0 Å². The van der Waals surface area contributed by atoms with Crippen molar-refractivity contribution in [3.8, 4) is 11.5 Å². The van der Waals surface area contributed by atoms with Gasteiger partial charge in [0.1, 0.15) is 5.82 Å². The zero-order valence-electron chi connectivity index (χ0n) is 6.34.